The van der Waals surface area contributed by atoms with Gasteiger partial charge in [0.1, 0.15) is 5.82 Å². The Labute approximate surface area is 210 Å². The normalized spacial score (nSPS) is 11.9. The van der Waals surface area contributed by atoms with Gasteiger partial charge in [-0.1, -0.05) is 36.4 Å². The number of urea groups is 1. The van der Waals surface area contributed by atoms with E-state index in [1.807, 2.05) is 12.1 Å². The maximum atomic E-state index is 13.4. The third kappa shape index (κ3) is 6.43. The SMILES string of the molecule is O=C(Nc1cccc(C(F)(F)F)c1)N(CCNS(=O)(=O)c1ccc2ccccc2c1)c1ccc(F)cc1. The zero-order chi connectivity index (χ0) is 26.6. The topological polar surface area (TPSA) is 78.5 Å². The molecular weight excluding hydrogens is 510 g/mol. The smallest absolute Gasteiger partial charge is 0.308 e. The van der Waals surface area contributed by atoms with E-state index in [1.165, 1.54) is 30.3 Å². The summed E-state index contributed by atoms with van der Waals surface area (Å²) in [7, 11) is -3.94. The van der Waals surface area contributed by atoms with Crippen LogP contribution in [0.15, 0.2) is 95.9 Å². The lowest BCUT2D eigenvalue weighted by molar-refractivity contribution is -0.137. The predicted octanol–water partition coefficient (Wildman–Crippen LogP) is 6.01. The molecule has 37 heavy (non-hydrogen) atoms. The van der Waals surface area contributed by atoms with Crippen LogP contribution in [0.3, 0.4) is 0 Å². The molecule has 0 unspecified atom stereocenters. The number of carbonyl (C=O) groups excluding carboxylic acids is 1. The van der Waals surface area contributed by atoms with Gasteiger partial charge in [0.2, 0.25) is 10.0 Å². The van der Waals surface area contributed by atoms with Crippen LogP contribution >= 0.6 is 0 Å². The summed E-state index contributed by atoms with van der Waals surface area (Å²) < 4.78 is 80.7. The highest BCUT2D eigenvalue weighted by molar-refractivity contribution is 7.89. The Balaban J connectivity index is 1.51. The Bertz CT molecular complexity index is 1520. The van der Waals surface area contributed by atoms with E-state index in [0.29, 0.717) is 0 Å². The number of carbonyl (C=O) groups is 1. The summed E-state index contributed by atoms with van der Waals surface area (Å²) in [6.07, 6.45) is -4.60. The molecule has 2 N–H and O–H groups in total. The fourth-order valence-electron chi connectivity index (χ4n) is 3.64. The minimum absolute atomic E-state index is 0.0351. The standard InChI is InChI=1S/C26H21F4N3O3S/c27-21-9-11-23(12-10-21)33(25(34)32-22-7-3-6-20(17-22)26(28,29)30)15-14-31-37(35,36)24-13-8-18-4-1-2-5-19(18)16-24/h1-13,16-17,31H,14-15H2,(H,32,34). The fourth-order valence-corrected chi connectivity index (χ4v) is 4.70. The van der Waals surface area contributed by atoms with Gasteiger partial charge in [-0.15, -0.1) is 0 Å². The van der Waals surface area contributed by atoms with Gasteiger partial charge < -0.3 is 5.32 Å². The fraction of sp³-hybridized carbons (Fsp3) is 0.115. The van der Waals surface area contributed by atoms with E-state index >= 15 is 0 Å². The highest BCUT2D eigenvalue weighted by Crippen LogP contribution is 2.31. The van der Waals surface area contributed by atoms with Crippen molar-refractivity contribution in [2.45, 2.75) is 11.1 Å². The van der Waals surface area contributed by atoms with E-state index in [-0.39, 0.29) is 29.4 Å². The van der Waals surface area contributed by atoms with Crippen molar-refractivity contribution in [3.8, 4) is 0 Å². The second-order valence-electron chi connectivity index (χ2n) is 8.04. The summed E-state index contributed by atoms with van der Waals surface area (Å²) in [6.45, 7) is -0.411. The number of hydrogen-bond donors (Lipinski definition) is 2. The van der Waals surface area contributed by atoms with Crippen LogP contribution in [0.5, 0.6) is 0 Å². The number of nitrogens with zero attached hydrogens (tertiary/aromatic N) is 1. The van der Waals surface area contributed by atoms with Crippen molar-refractivity contribution in [1.82, 2.24) is 4.72 Å². The van der Waals surface area contributed by atoms with Crippen LogP contribution in [0, 0.1) is 5.82 Å². The van der Waals surface area contributed by atoms with E-state index in [0.717, 1.165) is 46.0 Å². The second kappa shape index (κ2) is 10.6. The van der Waals surface area contributed by atoms with Crippen molar-refractivity contribution in [3.05, 3.63) is 102 Å². The monoisotopic (exact) mass is 531 g/mol. The molecule has 0 spiro atoms. The van der Waals surface area contributed by atoms with Gasteiger partial charge >= 0.3 is 12.2 Å². The van der Waals surface area contributed by atoms with Crippen molar-refractivity contribution in [1.29, 1.82) is 0 Å². The first-order valence-corrected chi connectivity index (χ1v) is 12.5. The third-order valence-corrected chi connectivity index (χ3v) is 6.94. The van der Waals surface area contributed by atoms with Crippen LogP contribution in [-0.4, -0.2) is 27.5 Å². The van der Waals surface area contributed by atoms with Gasteiger partial charge in [0.15, 0.2) is 0 Å². The molecule has 4 aromatic rings. The van der Waals surface area contributed by atoms with Gasteiger partial charge in [-0.2, -0.15) is 13.2 Å². The highest BCUT2D eigenvalue weighted by Gasteiger charge is 2.30. The molecule has 2 amide bonds. The Kier molecular flexibility index (Phi) is 7.46. The second-order valence-corrected chi connectivity index (χ2v) is 9.81. The molecule has 0 atom stereocenters. The largest absolute Gasteiger partial charge is 0.416 e. The van der Waals surface area contributed by atoms with Gasteiger partial charge in [-0.3, -0.25) is 4.90 Å². The van der Waals surface area contributed by atoms with E-state index in [4.69, 9.17) is 0 Å². The summed E-state index contributed by atoms with van der Waals surface area (Å²) in [5, 5.41) is 3.99. The van der Waals surface area contributed by atoms with E-state index in [9.17, 15) is 30.8 Å². The minimum atomic E-state index is -4.60. The molecule has 11 heteroatoms. The molecule has 192 valence electrons. The van der Waals surface area contributed by atoms with Crippen molar-refractivity contribution in [2.75, 3.05) is 23.3 Å². The summed E-state index contributed by atoms with van der Waals surface area (Å²) in [5.41, 5.74) is -0.832. The van der Waals surface area contributed by atoms with Gasteiger partial charge in [0, 0.05) is 24.5 Å². The van der Waals surface area contributed by atoms with Crippen LogP contribution in [-0.2, 0) is 16.2 Å². The highest BCUT2D eigenvalue weighted by atomic mass is 32.2. The zero-order valence-electron chi connectivity index (χ0n) is 19.2. The maximum absolute atomic E-state index is 13.4. The van der Waals surface area contributed by atoms with E-state index in [2.05, 4.69) is 10.0 Å². The number of fused-ring (bicyclic) bond motifs is 1. The molecule has 0 aliphatic heterocycles. The van der Waals surface area contributed by atoms with Crippen LogP contribution in [0.2, 0.25) is 0 Å². The molecule has 4 aromatic carbocycles. The molecule has 0 fully saturated rings. The first-order valence-electron chi connectivity index (χ1n) is 11.0. The molecule has 0 bridgehead atoms. The number of alkyl halides is 3. The lowest BCUT2D eigenvalue weighted by Crippen LogP contribution is -2.41. The Morgan fingerprint density at radius 2 is 1.54 bits per heavy atom. The van der Waals surface area contributed by atoms with Crippen LogP contribution in [0.25, 0.3) is 10.8 Å². The first kappa shape index (κ1) is 26.1. The summed E-state index contributed by atoms with van der Waals surface area (Å²) in [4.78, 5) is 14.1. The molecule has 0 heterocycles. The molecule has 0 aliphatic carbocycles. The number of amides is 2. The van der Waals surface area contributed by atoms with Gasteiger partial charge in [0.25, 0.3) is 0 Å². The summed E-state index contributed by atoms with van der Waals surface area (Å²) in [5.74, 6) is -0.556. The number of hydrogen-bond acceptors (Lipinski definition) is 3. The number of nitrogens with one attached hydrogen (secondary N) is 2. The maximum Gasteiger partial charge on any atom is 0.416 e. The molecule has 0 saturated carbocycles. The number of sulfonamides is 1. The number of anilines is 2. The third-order valence-electron chi connectivity index (χ3n) is 5.48. The predicted molar refractivity (Wildman–Crippen MR) is 133 cm³/mol. The zero-order valence-corrected chi connectivity index (χ0v) is 20.0. The Hall–Kier alpha value is -3.96. The van der Waals surface area contributed by atoms with E-state index in [1.54, 1.807) is 18.2 Å². The van der Waals surface area contributed by atoms with Crippen LogP contribution < -0.4 is 14.9 Å². The summed E-state index contributed by atoms with van der Waals surface area (Å²) >= 11 is 0. The molecule has 0 aromatic heterocycles. The van der Waals surface area contributed by atoms with Crippen LogP contribution in [0.1, 0.15) is 5.56 Å². The lowest BCUT2D eigenvalue weighted by atomic mass is 10.1. The van der Waals surface area contributed by atoms with Gasteiger partial charge in [0.05, 0.1) is 10.5 Å². The molecule has 0 aliphatic rings. The van der Waals surface area contributed by atoms with Crippen LogP contribution in [0.4, 0.5) is 33.7 Å². The molecule has 0 radical (unpaired) electrons. The van der Waals surface area contributed by atoms with Crippen molar-refractivity contribution in [3.63, 3.8) is 0 Å². The van der Waals surface area contributed by atoms with E-state index < -0.39 is 33.6 Å². The first-order chi connectivity index (χ1) is 17.5. The van der Waals surface area contributed by atoms with Gasteiger partial charge in [-0.05, 0) is 65.4 Å². The average Bonchev–Trinajstić information content (AvgIpc) is 2.86. The van der Waals surface area contributed by atoms with Crippen molar-refractivity contribution < 1.29 is 30.8 Å². The quantitative estimate of drug-likeness (QED) is 0.287. The Morgan fingerprint density at radius 1 is 0.838 bits per heavy atom. The van der Waals surface area contributed by atoms with Crippen molar-refractivity contribution >= 4 is 38.2 Å². The molecule has 4 rings (SSSR count). The molecule has 0 saturated heterocycles. The number of halogens is 4. The molecule has 6 nitrogen and oxygen atoms in total. The average molecular weight is 532 g/mol. The van der Waals surface area contributed by atoms with Gasteiger partial charge in [-0.25, -0.2) is 22.3 Å². The number of rotatable bonds is 7. The van der Waals surface area contributed by atoms with Crippen molar-refractivity contribution in [2.24, 2.45) is 0 Å². The Morgan fingerprint density at radius 3 is 2.24 bits per heavy atom. The molecular formula is C26H21F4N3O3S. The lowest BCUT2D eigenvalue weighted by Gasteiger charge is -2.24. The summed E-state index contributed by atoms with van der Waals surface area (Å²) in [6, 6.07) is 20.0. The minimum Gasteiger partial charge on any atom is -0.308 e. The number of benzene rings is 4.